The molecule has 0 amide bonds. The molecule has 0 nitrogen and oxygen atoms in total. The fourth-order valence-electron chi connectivity index (χ4n) is 1.28. The highest BCUT2D eigenvalue weighted by Crippen LogP contribution is 2.04. The Bertz CT molecular complexity index is 224. The van der Waals surface area contributed by atoms with Crippen LogP contribution in [-0.2, 0) is 0 Å². The molecule has 0 spiro atoms. The van der Waals surface area contributed by atoms with Gasteiger partial charge < -0.3 is 0 Å². The lowest BCUT2D eigenvalue weighted by atomic mass is 10.1. The molecule has 0 N–H and O–H groups in total. The van der Waals surface area contributed by atoms with E-state index in [-0.39, 0.29) is 0 Å². The molecule has 0 bridgehead atoms. The quantitative estimate of drug-likeness (QED) is 0.290. The Hall–Kier alpha value is -1.00. The van der Waals surface area contributed by atoms with E-state index in [0.717, 1.165) is 6.42 Å². The zero-order chi connectivity index (χ0) is 11.2. The van der Waals surface area contributed by atoms with Crippen LogP contribution in [0.4, 0.5) is 0 Å². The van der Waals surface area contributed by atoms with Gasteiger partial charge in [-0.3, -0.25) is 0 Å². The standard InChI is InChI=1S/C15H24/c1-3-5-7-9-11-13-15-14-12-10-8-6-4-2/h3,6-8,10,12H,4,9,11,13-15H2,1-2H3. The zero-order valence-corrected chi connectivity index (χ0v) is 10.2. The van der Waals surface area contributed by atoms with Gasteiger partial charge in [0.1, 0.15) is 0 Å². The lowest BCUT2D eigenvalue weighted by molar-refractivity contribution is 0.696. The van der Waals surface area contributed by atoms with Crippen LogP contribution < -0.4 is 0 Å². The smallest absolute Gasteiger partial charge is 0.0274 e. The van der Waals surface area contributed by atoms with E-state index in [2.05, 4.69) is 43.0 Å². The van der Waals surface area contributed by atoms with Crippen molar-refractivity contribution in [3.8, 4) is 0 Å². The van der Waals surface area contributed by atoms with Crippen molar-refractivity contribution in [2.24, 2.45) is 0 Å². The monoisotopic (exact) mass is 204 g/mol. The van der Waals surface area contributed by atoms with Crippen LogP contribution in [0.25, 0.3) is 0 Å². The molecule has 0 aromatic rings. The molecule has 0 radical (unpaired) electrons. The van der Waals surface area contributed by atoms with E-state index in [1.165, 1.54) is 32.1 Å². The second kappa shape index (κ2) is 13.0. The first-order valence-electron chi connectivity index (χ1n) is 6.09. The van der Waals surface area contributed by atoms with Crippen LogP contribution in [0, 0.1) is 0 Å². The number of hydrogen-bond donors (Lipinski definition) is 0. The highest BCUT2D eigenvalue weighted by Gasteiger charge is 1.84. The summed E-state index contributed by atoms with van der Waals surface area (Å²) < 4.78 is 0. The third-order valence-electron chi connectivity index (χ3n) is 2.12. The van der Waals surface area contributed by atoms with Gasteiger partial charge in [-0.1, -0.05) is 37.6 Å². The van der Waals surface area contributed by atoms with Gasteiger partial charge in [0.25, 0.3) is 0 Å². The van der Waals surface area contributed by atoms with Gasteiger partial charge in [0.05, 0.1) is 0 Å². The molecular weight excluding hydrogens is 180 g/mol. The topological polar surface area (TPSA) is 0 Å². The first-order chi connectivity index (χ1) is 7.41. The molecule has 0 saturated heterocycles. The SMILES string of the molecule is CC=C=CCCCCCC=CC=CCC. The lowest BCUT2D eigenvalue weighted by Gasteiger charge is -1.93. The minimum atomic E-state index is 1.13. The predicted octanol–water partition coefficient (Wildman–Crippen LogP) is 5.19. The summed E-state index contributed by atoms with van der Waals surface area (Å²) in [5.74, 6) is 0. The van der Waals surface area contributed by atoms with Crippen molar-refractivity contribution in [3.63, 3.8) is 0 Å². The molecule has 0 aromatic carbocycles. The summed E-state index contributed by atoms with van der Waals surface area (Å²) in [5, 5.41) is 0. The van der Waals surface area contributed by atoms with Crippen LogP contribution in [-0.4, -0.2) is 0 Å². The van der Waals surface area contributed by atoms with E-state index < -0.39 is 0 Å². The molecule has 0 atom stereocenters. The fourth-order valence-corrected chi connectivity index (χ4v) is 1.28. The second-order valence-electron chi connectivity index (χ2n) is 3.56. The summed E-state index contributed by atoms with van der Waals surface area (Å²) in [5.41, 5.74) is 3.10. The zero-order valence-electron chi connectivity index (χ0n) is 10.2. The first kappa shape index (κ1) is 14.0. The molecule has 0 aromatic heterocycles. The van der Waals surface area contributed by atoms with Crippen molar-refractivity contribution in [1.82, 2.24) is 0 Å². The van der Waals surface area contributed by atoms with Gasteiger partial charge >= 0.3 is 0 Å². The van der Waals surface area contributed by atoms with Crippen molar-refractivity contribution in [1.29, 1.82) is 0 Å². The molecule has 0 aliphatic rings. The van der Waals surface area contributed by atoms with Crippen LogP contribution in [0.2, 0.25) is 0 Å². The summed E-state index contributed by atoms with van der Waals surface area (Å²) in [6, 6.07) is 0. The molecular formula is C15H24. The number of unbranched alkanes of at least 4 members (excludes halogenated alkanes) is 4. The van der Waals surface area contributed by atoms with E-state index in [9.17, 15) is 0 Å². The third-order valence-corrected chi connectivity index (χ3v) is 2.12. The van der Waals surface area contributed by atoms with Crippen LogP contribution in [0.5, 0.6) is 0 Å². The molecule has 0 aliphatic carbocycles. The molecule has 15 heavy (non-hydrogen) atoms. The van der Waals surface area contributed by atoms with Crippen molar-refractivity contribution >= 4 is 0 Å². The highest BCUT2D eigenvalue weighted by atomic mass is 13.9. The Morgan fingerprint density at radius 1 is 0.933 bits per heavy atom. The summed E-state index contributed by atoms with van der Waals surface area (Å²) in [7, 11) is 0. The largest absolute Gasteiger partial charge is 0.130 e. The van der Waals surface area contributed by atoms with Crippen molar-refractivity contribution < 1.29 is 0 Å². The Kier molecular flexibility index (Phi) is 12.1. The van der Waals surface area contributed by atoms with Crippen molar-refractivity contribution in [2.75, 3.05) is 0 Å². The molecule has 0 heterocycles. The lowest BCUT2D eigenvalue weighted by Crippen LogP contribution is -1.74. The Morgan fingerprint density at radius 2 is 1.67 bits per heavy atom. The predicted molar refractivity (Wildman–Crippen MR) is 70.0 cm³/mol. The molecule has 0 saturated carbocycles. The first-order valence-corrected chi connectivity index (χ1v) is 6.09. The average Bonchev–Trinajstić information content (AvgIpc) is 2.26. The molecule has 0 aliphatic heterocycles. The number of rotatable bonds is 8. The number of allylic oxidation sites excluding steroid dienone is 5. The van der Waals surface area contributed by atoms with Gasteiger partial charge in [0.15, 0.2) is 0 Å². The maximum absolute atomic E-state index is 3.10. The van der Waals surface area contributed by atoms with E-state index in [1.54, 1.807) is 0 Å². The number of hydrogen-bond acceptors (Lipinski definition) is 0. The second-order valence-corrected chi connectivity index (χ2v) is 3.56. The molecule has 0 unspecified atom stereocenters. The Morgan fingerprint density at radius 3 is 2.40 bits per heavy atom. The van der Waals surface area contributed by atoms with Gasteiger partial charge in [-0.25, -0.2) is 0 Å². The van der Waals surface area contributed by atoms with Crippen LogP contribution in [0.1, 0.15) is 52.4 Å². The van der Waals surface area contributed by atoms with Gasteiger partial charge in [-0.05, 0) is 51.2 Å². The summed E-state index contributed by atoms with van der Waals surface area (Å²) in [4.78, 5) is 0. The van der Waals surface area contributed by atoms with E-state index in [0.29, 0.717) is 0 Å². The summed E-state index contributed by atoms with van der Waals surface area (Å²) in [6.45, 7) is 4.16. The molecule has 0 fully saturated rings. The van der Waals surface area contributed by atoms with Gasteiger partial charge in [0, 0.05) is 0 Å². The van der Waals surface area contributed by atoms with Gasteiger partial charge in [-0.2, -0.15) is 0 Å². The van der Waals surface area contributed by atoms with E-state index in [1.807, 2.05) is 13.0 Å². The Balaban J connectivity index is 3.21. The van der Waals surface area contributed by atoms with Crippen molar-refractivity contribution in [2.45, 2.75) is 52.4 Å². The minimum Gasteiger partial charge on any atom is -0.130 e. The maximum Gasteiger partial charge on any atom is -0.0274 e. The average molecular weight is 204 g/mol. The normalized spacial score (nSPS) is 10.8. The molecule has 0 heteroatoms. The molecule has 0 rings (SSSR count). The van der Waals surface area contributed by atoms with E-state index in [4.69, 9.17) is 0 Å². The fraction of sp³-hybridized carbons (Fsp3) is 0.533. The van der Waals surface area contributed by atoms with Crippen LogP contribution >= 0.6 is 0 Å². The minimum absolute atomic E-state index is 1.13. The third kappa shape index (κ3) is 13.0. The van der Waals surface area contributed by atoms with Crippen LogP contribution in [0.3, 0.4) is 0 Å². The maximum atomic E-state index is 3.10. The highest BCUT2D eigenvalue weighted by molar-refractivity contribution is 5.01. The Labute approximate surface area is 95.1 Å². The van der Waals surface area contributed by atoms with Crippen LogP contribution in [0.15, 0.2) is 42.2 Å². The van der Waals surface area contributed by atoms with Gasteiger partial charge in [-0.15, -0.1) is 5.73 Å². The van der Waals surface area contributed by atoms with Crippen molar-refractivity contribution in [3.05, 3.63) is 42.2 Å². The van der Waals surface area contributed by atoms with Gasteiger partial charge in [0.2, 0.25) is 0 Å². The van der Waals surface area contributed by atoms with E-state index >= 15 is 0 Å². The summed E-state index contributed by atoms with van der Waals surface area (Å²) >= 11 is 0. The molecule has 84 valence electrons. The summed E-state index contributed by atoms with van der Waals surface area (Å²) in [6.07, 6.45) is 20.2.